The van der Waals surface area contributed by atoms with E-state index in [9.17, 15) is 4.79 Å². The Morgan fingerprint density at radius 1 is 1.50 bits per heavy atom. The van der Waals surface area contributed by atoms with Crippen molar-refractivity contribution in [3.63, 3.8) is 0 Å². The number of benzene rings is 1. The van der Waals surface area contributed by atoms with E-state index < -0.39 is 0 Å². The van der Waals surface area contributed by atoms with Crippen LogP contribution in [0.3, 0.4) is 0 Å². The molecule has 1 aromatic heterocycles. The second-order valence-corrected chi connectivity index (χ2v) is 4.15. The molecule has 0 saturated heterocycles. The van der Waals surface area contributed by atoms with Crippen molar-refractivity contribution in [1.29, 1.82) is 0 Å². The summed E-state index contributed by atoms with van der Waals surface area (Å²) in [6.07, 6.45) is 1.72. The van der Waals surface area contributed by atoms with Gasteiger partial charge in [-0.3, -0.25) is 0 Å². The van der Waals surface area contributed by atoms with Gasteiger partial charge in [0.15, 0.2) is 0 Å². The molecule has 2 aromatic rings. The number of hydrogen-bond donors (Lipinski definition) is 1. The average molecular weight is 373 g/mol. The molecule has 2 nitrogen and oxygen atoms in total. The normalized spacial score (nSPS) is 9.86. The Morgan fingerprint density at radius 3 is 2.93 bits per heavy atom. The summed E-state index contributed by atoms with van der Waals surface area (Å²) in [4.78, 5) is 14.7. The van der Waals surface area contributed by atoms with Crippen molar-refractivity contribution in [1.82, 2.24) is 4.98 Å². The fraction of sp³-hybridized carbons (Fsp3) is 0.100. The third kappa shape index (κ3) is 2.26. The first-order chi connectivity index (χ1) is 6.18. The summed E-state index contributed by atoms with van der Waals surface area (Å²) in [6, 6.07) is 6.75. The van der Waals surface area contributed by atoms with Gasteiger partial charge in [0.2, 0.25) is 0 Å². The van der Waals surface area contributed by atoms with Crippen molar-refractivity contribution in [2.45, 2.75) is 6.92 Å². The van der Waals surface area contributed by atoms with Crippen molar-refractivity contribution in [3.05, 3.63) is 43.8 Å². The summed E-state index contributed by atoms with van der Waals surface area (Å²) < 4.78 is 1.03. The van der Waals surface area contributed by atoms with Crippen molar-refractivity contribution >= 4 is 33.5 Å². The second-order valence-electron chi connectivity index (χ2n) is 2.91. The molecule has 1 N–H and O–H groups in total. The molecule has 2 rings (SSSR count). The maximum atomic E-state index is 11.6. The number of halogens is 1. The van der Waals surface area contributed by atoms with Gasteiger partial charge in [-0.15, -0.1) is 28.7 Å². The molecule has 69 valence electrons. The maximum Gasteiger partial charge on any atom is 0.137 e. The molecule has 0 aliphatic rings. The van der Waals surface area contributed by atoms with E-state index in [-0.39, 0.29) is 38.1 Å². The zero-order valence-corrected chi connectivity index (χ0v) is 12.6. The molecule has 0 bridgehead atoms. The molecular weight excluding hydrogens is 366 g/mol. The number of fused-ring (bicyclic) bond motifs is 1. The van der Waals surface area contributed by atoms with Gasteiger partial charge < -0.3 is 9.78 Å². The molecule has 4 heteroatoms. The number of rotatable bonds is 0. The second kappa shape index (κ2) is 4.86. The number of hydrogen-bond acceptors (Lipinski definition) is 1. The summed E-state index contributed by atoms with van der Waals surface area (Å²) >= 11 is 2.17. The maximum absolute atomic E-state index is 11.6. The number of aromatic nitrogens is 1. The van der Waals surface area contributed by atoms with Crippen LogP contribution in [-0.2, 0) is 32.7 Å². The van der Waals surface area contributed by atoms with E-state index >= 15 is 0 Å². The first-order valence-electron chi connectivity index (χ1n) is 3.88. The van der Waals surface area contributed by atoms with E-state index in [0.717, 1.165) is 14.7 Å². The molecule has 14 heavy (non-hydrogen) atoms. The molecule has 0 fully saturated rings. The Morgan fingerprint density at radius 2 is 2.21 bits per heavy atom. The fourth-order valence-electron chi connectivity index (χ4n) is 1.23. The molecule has 0 aliphatic heterocycles. The first kappa shape index (κ1) is 12.3. The Kier molecular flexibility index (Phi) is 4.28. The van der Waals surface area contributed by atoms with Crippen LogP contribution in [0.15, 0.2) is 23.1 Å². The van der Waals surface area contributed by atoms with Crippen LogP contribution < -0.4 is 5.43 Å². The molecule has 1 heterocycles. The Labute approximate surface area is 121 Å². The van der Waals surface area contributed by atoms with Gasteiger partial charge in [-0.1, -0.05) is 14.5 Å². The van der Waals surface area contributed by atoms with Gasteiger partial charge in [0.05, 0.1) is 0 Å². The molecule has 0 atom stereocenters. The molecule has 1 aromatic carbocycles. The predicted molar refractivity (Wildman–Crippen MR) is 60.9 cm³/mol. The van der Waals surface area contributed by atoms with Crippen LogP contribution in [0.2, 0.25) is 0 Å². The third-order valence-electron chi connectivity index (χ3n) is 1.94. The van der Waals surface area contributed by atoms with E-state index in [1.807, 2.05) is 12.1 Å². The van der Waals surface area contributed by atoms with Crippen molar-refractivity contribution in [2.75, 3.05) is 0 Å². The minimum atomic E-state index is 0. The Bertz CT molecular complexity index is 516. The largest absolute Gasteiger partial charge is 0.383 e. The summed E-state index contributed by atoms with van der Waals surface area (Å²) in [6.45, 7) is 1.80. The zero-order chi connectivity index (χ0) is 9.42. The molecule has 0 saturated carbocycles. The van der Waals surface area contributed by atoms with E-state index in [4.69, 9.17) is 0 Å². The van der Waals surface area contributed by atoms with Gasteiger partial charge >= 0.3 is 0 Å². The van der Waals surface area contributed by atoms with Gasteiger partial charge in [0.25, 0.3) is 0 Å². The smallest absolute Gasteiger partial charge is 0.137 e. The van der Waals surface area contributed by atoms with Crippen LogP contribution in [0.5, 0.6) is 0 Å². The van der Waals surface area contributed by atoms with Crippen molar-refractivity contribution in [3.8, 4) is 0 Å². The quantitative estimate of drug-likeness (QED) is 0.558. The van der Waals surface area contributed by atoms with Crippen LogP contribution in [-0.4, -0.2) is 4.98 Å². The molecule has 0 amide bonds. The van der Waals surface area contributed by atoms with E-state index in [1.165, 1.54) is 0 Å². The van der Waals surface area contributed by atoms with Crippen molar-refractivity contribution in [2.24, 2.45) is 0 Å². The van der Waals surface area contributed by atoms with Gasteiger partial charge in [0, 0.05) is 44.5 Å². The monoisotopic (exact) mass is 373 g/mol. The summed E-state index contributed by atoms with van der Waals surface area (Å²) in [5, 5.41) is 0.715. The van der Waals surface area contributed by atoms with Crippen LogP contribution >= 0.6 is 22.6 Å². The van der Waals surface area contributed by atoms with E-state index in [0.29, 0.717) is 5.39 Å². The molecule has 0 spiro atoms. The van der Waals surface area contributed by atoms with Crippen LogP contribution in [0.25, 0.3) is 10.9 Å². The number of aryl methyl sites for hydroxylation is 1. The predicted octanol–water partition coefficient (Wildman–Crippen LogP) is 2.24. The molecule has 0 unspecified atom stereocenters. The summed E-state index contributed by atoms with van der Waals surface area (Å²) in [7, 11) is 0. The average Bonchev–Trinajstić information content (AvgIpc) is 2.12. The Balaban J connectivity index is 0.000000980. The molecule has 0 aliphatic carbocycles. The zero-order valence-electron chi connectivity index (χ0n) is 7.60. The molecular formula is C10H7INOY-. The number of pyridine rings is 1. The number of aromatic amines is 1. The van der Waals surface area contributed by atoms with Crippen LogP contribution in [0.4, 0.5) is 0 Å². The van der Waals surface area contributed by atoms with Crippen LogP contribution in [0.1, 0.15) is 5.56 Å². The minimum Gasteiger partial charge on any atom is -0.383 e. The Hall–Kier alpha value is 0.264. The molecule has 1 radical (unpaired) electrons. The van der Waals surface area contributed by atoms with Gasteiger partial charge in [-0.2, -0.15) is 12.1 Å². The van der Waals surface area contributed by atoms with Gasteiger partial charge in [0.1, 0.15) is 5.43 Å². The SMILES string of the molecule is Cc1c[nH]c2[c-]cc(I)cc2c1=O.[Y]. The fourth-order valence-corrected chi connectivity index (χ4v) is 1.69. The minimum absolute atomic E-state index is 0. The van der Waals surface area contributed by atoms with Gasteiger partial charge in [-0.25, -0.2) is 0 Å². The number of nitrogens with one attached hydrogen (secondary N) is 1. The standard InChI is InChI=1S/C10H7INO.Y/c1-6-5-12-9-3-2-7(11)4-8(9)10(6)13;/h2,4-5H,1H3,(H,12,13);/q-1;. The van der Waals surface area contributed by atoms with Crippen molar-refractivity contribution < 1.29 is 32.7 Å². The first-order valence-corrected chi connectivity index (χ1v) is 4.95. The van der Waals surface area contributed by atoms with E-state index in [2.05, 4.69) is 33.6 Å². The summed E-state index contributed by atoms with van der Waals surface area (Å²) in [5.41, 5.74) is 1.60. The number of H-pyrrole nitrogens is 1. The van der Waals surface area contributed by atoms with Gasteiger partial charge in [-0.05, 0) is 6.92 Å². The topological polar surface area (TPSA) is 32.9 Å². The summed E-state index contributed by atoms with van der Waals surface area (Å²) in [5.74, 6) is 0. The van der Waals surface area contributed by atoms with E-state index in [1.54, 1.807) is 13.1 Å². The third-order valence-corrected chi connectivity index (χ3v) is 2.56. The van der Waals surface area contributed by atoms with Crippen LogP contribution in [0, 0.1) is 16.6 Å².